The Morgan fingerprint density at radius 2 is 2.15 bits per heavy atom. The summed E-state index contributed by atoms with van der Waals surface area (Å²) in [6, 6.07) is 6.49. The van der Waals surface area contributed by atoms with Crippen molar-refractivity contribution in [3.05, 3.63) is 40.7 Å². The van der Waals surface area contributed by atoms with Crippen molar-refractivity contribution in [2.75, 3.05) is 0 Å². The standard InChI is InChI=1S/C12H16Br/c1-4-5-10-6-7-11(13)8-12(10)9(2)3/h6-9H,2,4-5H2,1,3H3. The molecule has 71 valence electrons. The number of hydrogen-bond donors (Lipinski definition) is 0. The lowest BCUT2D eigenvalue weighted by atomic mass is 9.95. The van der Waals surface area contributed by atoms with Crippen LogP contribution in [0, 0.1) is 6.92 Å². The number of rotatable bonds is 3. The van der Waals surface area contributed by atoms with E-state index in [0.717, 1.165) is 10.9 Å². The summed E-state index contributed by atoms with van der Waals surface area (Å²) in [6.07, 6.45) is 2.35. The van der Waals surface area contributed by atoms with E-state index < -0.39 is 0 Å². The van der Waals surface area contributed by atoms with Crippen molar-refractivity contribution in [2.24, 2.45) is 0 Å². The van der Waals surface area contributed by atoms with Gasteiger partial charge in [0.1, 0.15) is 0 Å². The largest absolute Gasteiger partial charge is 0.0651 e. The lowest BCUT2D eigenvalue weighted by Crippen LogP contribution is -1.96. The Morgan fingerprint density at radius 3 is 2.69 bits per heavy atom. The molecule has 0 aliphatic heterocycles. The van der Waals surface area contributed by atoms with Crippen molar-refractivity contribution < 1.29 is 0 Å². The van der Waals surface area contributed by atoms with Gasteiger partial charge in [0, 0.05) is 4.47 Å². The summed E-state index contributed by atoms with van der Waals surface area (Å²) in [4.78, 5) is 0. The smallest absolute Gasteiger partial charge is 0.0178 e. The first-order valence-electron chi connectivity index (χ1n) is 4.76. The first kappa shape index (κ1) is 10.8. The zero-order valence-corrected chi connectivity index (χ0v) is 9.89. The Kier molecular flexibility index (Phi) is 3.98. The molecule has 1 rings (SSSR count). The van der Waals surface area contributed by atoms with Gasteiger partial charge in [-0.1, -0.05) is 42.3 Å². The minimum Gasteiger partial charge on any atom is -0.0651 e. The summed E-state index contributed by atoms with van der Waals surface area (Å²) in [5, 5.41) is 0. The van der Waals surface area contributed by atoms with E-state index in [2.05, 4.69) is 54.9 Å². The van der Waals surface area contributed by atoms with Crippen molar-refractivity contribution in [3.63, 3.8) is 0 Å². The Morgan fingerprint density at radius 1 is 1.46 bits per heavy atom. The molecule has 1 heteroatoms. The van der Waals surface area contributed by atoms with E-state index in [1.54, 1.807) is 0 Å². The van der Waals surface area contributed by atoms with Gasteiger partial charge in [0.2, 0.25) is 0 Å². The minimum absolute atomic E-state index is 0.374. The molecule has 0 bridgehead atoms. The lowest BCUT2D eigenvalue weighted by Gasteiger charge is -2.12. The molecule has 0 aliphatic carbocycles. The van der Waals surface area contributed by atoms with Gasteiger partial charge >= 0.3 is 0 Å². The fourth-order valence-corrected chi connectivity index (χ4v) is 1.90. The minimum atomic E-state index is 0.374. The molecule has 1 atom stereocenters. The Balaban J connectivity index is 3.03. The topological polar surface area (TPSA) is 0 Å². The molecular formula is C12H16Br. The first-order chi connectivity index (χ1) is 6.15. The zero-order valence-electron chi connectivity index (χ0n) is 8.31. The summed E-state index contributed by atoms with van der Waals surface area (Å²) in [6.45, 7) is 8.42. The van der Waals surface area contributed by atoms with E-state index >= 15 is 0 Å². The maximum absolute atomic E-state index is 4.07. The van der Waals surface area contributed by atoms with Crippen molar-refractivity contribution in [3.8, 4) is 0 Å². The third-order valence-corrected chi connectivity index (χ3v) is 2.65. The SMILES string of the molecule is [CH2]C(C)c1cc(Br)ccc1CCC. The first-order valence-corrected chi connectivity index (χ1v) is 5.55. The Hall–Kier alpha value is -0.300. The van der Waals surface area contributed by atoms with Gasteiger partial charge in [-0.2, -0.15) is 0 Å². The molecule has 1 aromatic carbocycles. The number of halogens is 1. The summed E-state index contributed by atoms with van der Waals surface area (Å²) >= 11 is 3.49. The molecule has 0 saturated carbocycles. The van der Waals surface area contributed by atoms with E-state index in [1.165, 1.54) is 17.5 Å². The highest BCUT2D eigenvalue weighted by Gasteiger charge is 2.05. The Labute approximate surface area is 89.5 Å². The molecule has 1 unspecified atom stereocenters. The van der Waals surface area contributed by atoms with Crippen LogP contribution in [0.25, 0.3) is 0 Å². The van der Waals surface area contributed by atoms with Gasteiger partial charge in [-0.15, -0.1) is 0 Å². The second-order valence-electron chi connectivity index (χ2n) is 3.49. The van der Waals surface area contributed by atoms with E-state index in [4.69, 9.17) is 0 Å². The lowest BCUT2D eigenvalue weighted by molar-refractivity contribution is 0.866. The van der Waals surface area contributed by atoms with E-state index in [9.17, 15) is 0 Å². The zero-order chi connectivity index (χ0) is 9.84. The van der Waals surface area contributed by atoms with Crippen LogP contribution in [0.3, 0.4) is 0 Å². The number of benzene rings is 1. The maximum atomic E-state index is 4.07. The molecule has 13 heavy (non-hydrogen) atoms. The van der Waals surface area contributed by atoms with Crippen LogP contribution in [0.15, 0.2) is 22.7 Å². The molecule has 0 nitrogen and oxygen atoms in total. The predicted molar refractivity (Wildman–Crippen MR) is 61.9 cm³/mol. The molecule has 0 N–H and O–H groups in total. The van der Waals surface area contributed by atoms with E-state index in [0.29, 0.717) is 5.92 Å². The van der Waals surface area contributed by atoms with Crippen molar-refractivity contribution in [1.29, 1.82) is 0 Å². The molecule has 0 fully saturated rings. The van der Waals surface area contributed by atoms with Gasteiger partial charge in [0.25, 0.3) is 0 Å². The van der Waals surface area contributed by atoms with Gasteiger partial charge in [-0.25, -0.2) is 0 Å². The van der Waals surface area contributed by atoms with Crippen molar-refractivity contribution in [2.45, 2.75) is 32.6 Å². The van der Waals surface area contributed by atoms with Crippen LogP contribution in [-0.4, -0.2) is 0 Å². The van der Waals surface area contributed by atoms with E-state index in [1.807, 2.05) is 0 Å². The molecule has 1 aromatic rings. The number of aryl methyl sites for hydroxylation is 1. The van der Waals surface area contributed by atoms with Gasteiger partial charge in [-0.3, -0.25) is 0 Å². The van der Waals surface area contributed by atoms with Gasteiger partial charge < -0.3 is 0 Å². The fourth-order valence-electron chi connectivity index (χ4n) is 1.52. The highest BCUT2D eigenvalue weighted by molar-refractivity contribution is 9.10. The van der Waals surface area contributed by atoms with Crippen molar-refractivity contribution >= 4 is 15.9 Å². The van der Waals surface area contributed by atoms with Crippen LogP contribution in [0.5, 0.6) is 0 Å². The van der Waals surface area contributed by atoms with Crippen LogP contribution < -0.4 is 0 Å². The highest BCUT2D eigenvalue weighted by Crippen LogP contribution is 2.24. The maximum Gasteiger partial charge on any atom is 0.0178 e. The molecule has 0 saturated heterocycles. The molecule has 0 aromatic heterocycles. The van der Waals surface area contributed by atoms with Crippen LogP contribution in [-0.2, 0) is 6.42 Å². The van der Waals surface area contributed by atoms with Crippen LogP contribution in [0.2, 0.25) is 0 Å². The summed E-state index contributed by atoms with van der Waals surface area (Å²) in [7, 11) is 0. The highest BCUT2D eigenvalue weighted by atomic mass is 79.9. The molecule has 1 radical (unpaired) electrons. The molecule has 0 aliphatic rings. The molecular weight excluding hydrogens is 224 g/mol. The fraction of sp³-hybridized carbons (Fsp3) is 0.417. The molecule has 0 amide bonds. The van der Waals surface area contributed by atoms with E-state index in [-0.39, 0.29) is 0 Å². The van der Waals surface area contributed by atoms with Crippen molar-refractivity contribution in [1.82, 2.24) is 0 Å². The third kappa shape index (κ3) is 2.84. The second kappa shape index (κ2) is 4.80. The average Bonchev–Trinajstić information content (AvgIpc) is 2.08. The second-order valence-corrected chi connectivity index (χ2v) is 4.41. The Bertz CT molecular complexity index is 276. The average molecular weight is 240 g/mol. The third-order valence-electron chi connectivity index (χ3n) is 2.16. The van der Waals surface area contributed by atoms with Crippen LogP contribution in [0.1, 0.15) is 37.3 Å². The monoisotopic (exact) mass is 239 g/mol. The van der Waals surface area contributed by atoms with Crippen LogP contribution in [0.4, 0.5) is 0 Å². The quantitative estimate of drug-likeness (QED) is 0.737. The predicted octanol–water partition coefficient (Wildman–Crippen LogP) is 4.34. The van der Waals surface area contributed by atoms with Gasteiger partial charge in [0.05, 0.1) is 0 Å². The summed E-state index contributed by atoms with van der Waals surface area (Å²) in [5.41, 5.74) is 2.81. The molecule has 0 spiro atoms. The van der Waals surface area contributed by atoms with Crippen LogP contribution >= 0.6 is 15.9 Å². The normalized spacial score (nSPS) is 10.8. The number of hydrogen-bond acceptors (Lipinski definition) is 0. The summed E-state index contributed by atoms with van der Waals surface area (Å²) in [5.74, 6) is 0.374. The van der Waals surface area contributed by atoms with Gasteiger partial charge in [0.15, 0.2) is 0 Å². The summed E-state index contributed by atoms with van der Waals surface area (Å²) < 4.78 is 1.15. The van der Waals surface area contributed by atoms with Gasteiger partial charge in [-0.05, 0) is 42.5 Å². The molecule has 0 heterocycles.